The highest BCUT2D eigenvalue weighted by Gasteiger charge is 2.28. The maximum Gasteiger partial charge on any atom is 0.171 e. The van der Waals surface area contributed by atoms with Crippen molar-refractivity contribution in [3.8, 4) is 11.4 Å². The average molecular weight is 481 g/mol. The van der Waals surface area contributed by atoms with Crippen LogP contribution in [0.3, 0.4) is 0 Å². The van der Waals surface area contributed by atoms with Gasteiger partial charge in [0.05, 0.1) is 24.8 Å². The molecule has 1 atom stereocenters. The minimum Gasteiger partial charge on any atom is -0.495 e. The molecule has 0 N–H and O–H groups in total. The Bertz CT molecular complexity index is 1250. The predicted octanol–water partition coefficient (Wildman–Crippen LogP) is 5.94. The third-order valence-corrected chi connectivity index (χ3v) is 6.40. The van der Waals surface area contributed by atoms with E-state index in [9.17, 15) is 4.39 Å². The van der Waals surface area contributed by atoms with Crippen molar-refractivity contribution >= 4 is 23.5 Å². The lowest BCUT2D eigenvalue weighted by Gasteiger charge is -2.29. The Labute approximate surface area is 203 Å². The van der Waals surface area contributed by atoms with Crippen molar-refractivity contribution in [2.75, 3.05) is 20.2 Å². The van der Waals surface area contributed by atoms with Gasteiger partial charge in [0.15, 0.2) is 11.9 Å². The molecule has 0 unspecified atom stereocenters. The number of benzene rings is 2. The maximum atomic E-state index is 13.9. The van der Waals surface area contributed by atoms with E-state index in [1.807, 2.05) is 29.8 Å². The molecule has 0 aliphatic carbocycles. The first kappa shape index (κ1) is 22.5. The van der Waals surface area contributed by atoms with Gasteiger partial charge in [0.25, 0.3) is 0 Å². The first-order valence-electron chi connectivity index (χ1n) is 11.3. The Morgan fingerprint density at radius 2 is 2.09 bits per heavy atom. The minimum absolute atomic E-state index is 0.342. The quantitative estimate of drug-likeness (QED) is 0.464. The maximum absolute atomic E-state index is 13.9. The number of aromatic nitrogens is 2. The van der Waals surface area contributed by atoms with Crippen LogP contribution in [0.15, 0.2) is 59.7 Å². The van der Waals surface area contributed by atoms with Gasteiger partial charge in [-0.1, -0.05) is 22.8 Å². The van der Waals surface area contributed by atoms with Crippen LogP contribution in [0.5, 0.6) is 5.75 Å². The molecular weight excluding hydrogens is 455 g/mol. The van der Waals surface area contributed by atoms with Gasteiger partial charge in [0.2, 0.25) is 0 Å². The minimum atomic E-state index is -0.371. The zero-order valence-electron chi connectivity index (χ0n) is 19.2. The van der Waals surface area contributed by atoms with Gasteiger partial charge in [-0.05, 0) is 72.9 Å². The lowest BCUT2D eigenvalue weighted by molar-refractivity contribution is 0.0574. The monoisotopic (exact) mass is 480 g/mol. The molecule has 6 nitrogen and oxygen atoms in total. The van der Waals surface area contributed by atoms with E-state index in [2.05, 4.69) is 27.2 Å². The largest absolute Gasteiger partial charge is 0.495 e. The number of hydrogen-bond acceptors (Lipinski definition) is 5. The molecule has 0 bridgehead atoms. The van der Waals surface area contributed by atoms with Crippen molar-refractivity contribution < 1.29 is 14.0 Å². The van der Waals surface area contributed by atoms with Gasteiger partial charge in [-0.25, -0.2) is 9.37 Å². The molecule has 5 rings (SSSR count). The Hall–Kier alpha value is -3.32. The van der Waals surface area contributed by atoms with Gasteiger partial charge in [-0.2, -0.15) is 0 Å². The van der Waals surface area contributed by atoms with Gasteiger partial charge >= 0.3 is 0 Å². The van der Waals surface area contributed by atoms with E-state index in [4.69, 9.17) is 21.2 Å². The summed E-state index contributed by atoms with van der Waals surface area (Å²) in [6.07, 6.45) is 8.18. The van der Waals surface area contributed by atoms with Crippen LogP contribution in [0, 0.1) is 12.7 Å². The number of hydrogen-bond donors (Lipinski definition) is 0. The van der Waals surface area contributed by atoms with Crippen LogP contribution in [-0.4, -0.2) is 40.5 Å². The highest BCUT2D eigenvalue weighted by molar-refractivity contribution is 6.30. The molecule has 1 fully saturated rings. The highest BCUT2D eigenvalue weighted by atomic mass is 35.5. The Balaban J connectivity index is 1.43. The van der Waals surface area contributed by atoms with E-state index in [-0.39, 0.29) is 11.9 Å². The second-order valence-corrected chi connectivity index (χ2v) is 9.05. The third kappa shape index (κ3) is 4.66. The first-order chi connectivity index (χ1) is 16.5. The average Bonchev–Trinajstić information content (AvgIpc) is 3.12. The van der Waals surface area contributed by atoms with Crippen LogP contribution in [0.4, 0.5) is 4.39 Å². The smallest absolute Gasteiger partial charge is 0.171 e. The molecule has 1 saturated heterocycles. The SMILES string of the molecule is COc1cc(C=C2CCCN3CC[C@@H](c4cc(F)cc(Cl)c4)ON=C23)ccc1-n1cnc(C)c1. The molecule has 3 heterocycles. The number of rotatable bonds is 4. The second kappa shape index (κ2) is 9.50. The summed E-state index contributed by atoms with van der Waals surface area (Å²) in [5.74, 6) is 1.23. The van der Waals surface area contributed by atoms with Crippen molar-refractivity contribution in [3.05, 3.63) is 82.2 Å². The summed E-state index contributed by atoms with van der Waals surface area (Å²) in [5, 5.41) is 4.87. The number of methoxy groups -OCH3 is 1. The normalized spacial score (nSPS) is 19.3. The summed E-state index contributed by atoms with van der Waals surface area (Å²) in [4.78, 5) is 12.5. The van der Waals surface area contributed by atoms with Gasteiger partial charge in [-0.15, -0.1) is 0 Å². The molecular formula is C26H26ClFN4O2. The number of halogens is 2. The molecule has 2 aliphatic heterocycles. The number of amidine groups is 1. The van der Waals surface area contributed by atoms with Crippen molar-refractivity contribution in [1.82, 2.24) is 14.5 Å². The van der Waals surface area contributed by atoms with Crippen LogP contribution in [-0.2, 0) is 4.84 Å². The van der Waals surface area contributed by atoms with Crippen LogP contribution in [0.2, 0.25) is 5.02 Å². The Morgan fingerprint density at radius 1 is 1.21 bits per heavy atom. The van der Waals surface area contributed by atoms with Crippen LogP contribution in [0.1, 0.15) is 42.2 Å². The Kier molecular flexibility index (Phi) is 6.28. The van der Waals surface area contributed by atoms with Gasteiger partial charge in [-0.3, -0.25) is 0 Å². The predicted molar refractivity (Wildman–Crippen MR) is 131 cm³/mol. The number of imidazole rings is 1. The first-order valence-corrected chi connectivity index (χ1v) is 11.7. The molecule has 34 heavy (non-hydrogen) atoms. The van der Waals surface area contributed by atoms with E-state index in [0.29, 0.717) is 17.0 Å². The van der Waals surface area contributed by atoms with Crippen molar-refractivity contribution in [2.45, 2.75) is 32.3 Å². The van der Waals surface area contributed by atoms with Crippen LogP contribution >= 0.6 is 11.6 Å². The molecule has 0 saturated carbocycles. The van der Waals surface area contributed by atoms with Gasteiger partial charge in [0.1, 0.15) is 11.6 Å². The second-order valence-electron chi connectivity index (χ2n) is 8.61. The lowest BCUT2D eigenvalue weighted by Crippen LogP contribution is -2.37. The molecule has 0 spiro atoms. The molecule has 176 valence electrons. The molecule has 8 heteroatoms. The van der Waals surface area contributed by atoms with Crippen LogP contribution < -0.4 is 4.74 Å². The number of piperidine rings is 1. The van der Waals surface area contributed by atoms with E-state index < -0.39 is 0 Å². The number of nitrogens with zero attached hydrogens (tertiary/aromatic N) is 4. The zero-order chi connectivity index (χ0) is 23.7. The molecule has 3 aromatic rings. The van der Waals surface area contributed by atoms with Crippen molar-refractivity contribution in [2.24, 2.45) is 5.16 Å². The summed E-state index contributed by atoms with van der Waals surface area (Å²) in [5.41, 5.74) is 4.71. The van der Waals surface area contributed by atoms with E-state index in [1.165, 1.54) is 12.1 Å². The zero-order valence-corrected chi connectivity index (χ0v) is 19.9. The topological polar surface area (TPSA) is 51.9 Å². The fraction of sp³-hybridized carbons (Fsp3) is 0.308. The summed E-state index contributed by atoms with van der Waals surface area (Å²) in [7, 11) is 1.67. The van der Waals surface area contributed by atoms with E-state index in [0.717, 1.165) is 60.0 Å². The number of ether oxygens (including phenoxy) is 1. The van der Waals surface area contributed by atoms with Gasteiger partial charge < -0.3 is 19.0 Å². The summed E-state index contributed by atoms with van der Waals surface area (Å²) >= 11 is 6.06. The van der Waals surface area contributed by atoms with E-state index in [1.54, 1.807) is 19.5 Å². The molecule has 1 aromatic heterocycles. The fourth-order valence-electron chi connectivity index (χ4n) is 4.53. The molecule has 2 aromatic carbocycles. The highest BCUT2D eigenvalue weighted by Crippen LogP contribution is 2.32. The fourth-order valence-corrected chi connectivity index (χ4v) is 4.76. The van der Waals surface area contributed by atoms with E-state index >= 15 is 0 Å². The standard InChI is InChI=1S/C26H26ClFN4O2/c1-17-15-32(16-29-17)23-6-5-18(11-25(23)33-2)10-19-4-3-8-31-9-7-24(34-30-26(19)31)20-12-21(27)14-22(28)13-20/h5-6,10-16,24H,3-4,7-9H2,1-2H3/t24-/m0/s1. The summed E-state index contributed by atoms with van der Waals surface area (Å²) < 4.78 is 21.5. The lowest BCUT2D eigenvalue weighted by atomic mass is 9.99. The Morgan fingerprint density at radius 3 is 2.85 bits per heavy atom. The molecule has 0 radical (unpaired) electrons. The van der Waals surface area contributed by atoms with Crippen LogP contribution in [0.25, 0.3) is 11.8 Å². The van der Waals surface area contributed by atoms with Crippen molar-refractivity contribution in [3.63, 3.8) is 0 Å². The summed E-state index contributed by atoms with van der Waals surface area (Å²) in [6.45, 7) is 3.65. The number of aryl methyl sites for hydroxylation is 1. The molecule has 0 amide bonds. The number of fused-ring (bicyclic) bond motifs is 1. The third-order valence-electron chi connectivity index (χ3n) is 6.18. The molecule has 2 aliphatic rings. The summed E-state index contributed by atoms with van der Waals surface area (Å²) in [6, 6.07) is 10.6. The van der Waals surface area contributed by atoms with Crippen molar-refractivity contribution in [1.29, 1.82) is 0 Å². The van der Waals surface area contributed by atoms with Gasteiger partial charge in [0, 0.05) is 30.7 Å². The number of oxime groups is 1.